The molecule has 0 aliphatic heterocycles. The van der Waals surface area contributed by atoms with E-state index in [0.29, 0.717) is 25.8 Å². The van der Waals surface area contributed by atoms with E-state index < -0.39 is 7.37 Å². The van der Waals surface area contributed by atoms with Gasteiger partial charge in [-0.3, -0.25) is 4.57 Å². The molecule has 15 heavy (non-hydrogen) atoms. The summed E-state index contributed by atoms with van der Waals surface area (Å²) < 4.78 is 16.3. The van der Waals surface area contributed by atoms with Gasteiger partial charge in [-0.05, 0) is 12.0 Å². The van der Waals surface area contributed by atoms with Gasteiger partial charge < -0.3 is 9.63 Å². The lowest BCUT2D eigenvalue weighted by Crippen LogP contribution is -1.98. The molecule has 0 heterocycles. The van der Waals surface area contributed by atoms with Gasteiger partial charge in [-0.25, -0.2) is 0 Å². The Balaban J connectivity index is 2.10. The van der Waals surface area contributed by atoms with Crippen molar-refractivity contribution in [3.63, 3.8) is 0 Å². The standard InChI is InChI=1S/C11H17O3P/c1-15(12,13)9-5-8-14-10-11-6-3-2-4-7-11/h2-4,6-7H,5,8-10H2,1H3,(H,12,13). The fourth-order valence-corrected chi connectivity index (χ4v) is 1.94. The second kappa shape index (κ2) is 6.06. The van der Waals surface area contributed by atoms with Crippen molar-refractivity contribution in [1.29, 1.82) is 0 Å². The fraction of sp³-hybridized carbons (Fsp3) is 0.455. The SMILES string of the molecule is CP(=O)(O)CCCOCc1ccccc1. The van der Waals surface area contributed by atoms with Crippen molar-refractivity contribution < 1.29 is 14.2 Å². The molecule has 0 saturated carbocycles. The Bertz CT molecular complexity index is 318. The van der Waals surface area contributed by atoms with E-state index in [9.17, 15) is 4.57 Å². The first-order chi connectivity index (χ1) is 7.08. The van der Waals surface area contributed by atoms with Crippen LogP contribution in [-0.4, -0.2) is 24.3 Å². The molecular formula is C11H17O3P. The van der Waals surface area contributed by atoms with Crippen molar-refractivity contribution >= 4 is 7.37 Å². The molecule has 0 bridgehead atoms. The van der Waals surface area contributed by atoms with Gasteiger partial charge in [0.1, 0.15) is 0 Å². The van der Waals surface area contributed by atoms with Crippen LogP contribution >= 0.6 is 7.37 Å². The van der Waals surface area contributed by atoms with Crippen molar-refractivity contribution in [1.82, 2.24) is 0 Å². The second-order valence-corrected chi connectivity index (χ2v) is 6.22. The van der Waals surface area contributed by atoms with Gasteiger partial charge in [-0.2, -0.15) is 0 Å². The zero-order valence-corrected chi connectivity index (χ0v) is 9.82. The molecule has 3 nitrogen and oxygen atoms in total. The predicted octanol–water partition coefficient (Wildman–Crippen LogP) is 2.49. The van der Waals surface area contributed by atoms with Crippen LogP contribution in [0.1, 0.15) is 12.0 Å². The number of hydrogen-bond donors (Lipinski definition) is 1. The maximum absolute atomic E-state index is 10.9. The van der Waals surface area contributed by atoms with E-state index in [4.69, 9.17) is 9.63 Å². The van der Waals surface area contributed by atoms with Crippen molar-refractivity contribution in [3.8, 4) is 0 Å². The minimum atomic E-state index is -2.86. The monoisotopic (exact) mass is 228 g/mol. The first-order valence-electron chi connectivity index (χ1n) is 4.99. The number of benzene rings is 1. The van der Waals surface area contributed by atoms with Crippen LogP contribution in [0.15, 0.2) is 30.3 Å². The largest absolute Gasteiger partial charge is 0.377 e. The molecule has 84 valence electrons. The summed E-state index contributed by atoms with van der Waals surface area (Å²) in [5.74, 6) is 0. The summed E-state index contributed by atoms with van der Waals surface area (Å²) in [6.07, 6.45) is 0.971. The van der Waals surface area contributed by atoms with E-state index in [0.717, 1.165) is 5.56 Å². The number of rotatable bonds is 6. The quantitative estimate of drug-likeness (QED) is 0.601. The van der Waals surface area contributed by atoms with Crippen molar-refractivity contribution in [3.05, 3.63) is 35.9 Å². The van der Waals surface area contributed by atoms with Gasteiger partial charge in [-0.1, -0.05) is 30.3 Å². The Morgan fingerprint density at radius 3 is 2.60 bits per heavy atom. The maximum Gasteiger partial charge on any atom is 0.197 e. The maximum atomic E-state index is 10.9. The summed E-state index contributed by atoms with van der Waals surface area (Å²) in [5.41, 5.74) is 1.13. The smallest absolute Gasteiger partial charge is 0.197 e. The molecule has 1 rings (SSSR count). The highest BCUT2D eigenvalue weighted by atomic mass is 31.2. The number of hydrogen-bond acceptors (Lipinski definition) is 2. The molecular weight excluding hydrogens is 211 g/mol. The average molecular weight is 228 g/mol. The van der Waals surface area contributed by atoms with Crippen LogP contribution in [0.5, 0.6) is 0 Å². The lowest BCUT2D eigenvalue weighted by molar-refractivity contribution is 0.121. The van der Waals surface area contributed by atoms with Gasteiger partial charge in [0.05, 0.1) is 6.61 Å². The first kappa shape index (κ1) is 12.4. The minimum Gasteiger partial charge on any atom is -0.377 e. The molecule has 1 aromatic rings. The third-order valence-electron chi connectivity index (χ3n) is 1.97. The molecule has 1 aromatic carbocycles. The van der Waals surface area contributed by atoms with Crippen molar-refractivity contribution in [2.24, 2.45) is 0 Å². The Labute approximate surface area is 90.5 Å². The molecule has 0 saturated heterocycles. The number of ether oxygens (including phenoxy) is 1. The molecule has 4 heteroatoms. The van der Waals surface area contributed by atoms with Crippen LogP contribution in [-0.2, 0) is 15.9 Å². The van der Waals surface area contributed by atoms with E-state index in [1.165, 1.54) is 6.66 Å². The van der Waals surface area contributed by atoms with E-state index in [1.807, 2.05) is 30.3 Å². The topological polar surface area (TPSA) is 46.5 Å². The summed E-state index contributed by atoms with van der Waals surface area (Å²) in [4.78, 5) is 9.03. The molecule has 1 unspecified atom stereocenters. The van der Waals surface area contributed by atoms with Crippen LogP contribution in [0.2, 0.25) is 0 Å². The van der Waals surface area contributed by atoms with Gasteiger partial charge in [0.25, 0.3) is 0 Å². The molecule has 0 aliphatic rings. The van der Waals surface area contributed by atoms with Crippen molar-refractivity contribution in [2.75, 3.05) is 19.4 Å². The minimum absolute atomic E-state index is 0.335. The fourth-order valence-electron chi connectivity index (χ4n) is 1.22. The Morgan fingerprint density at radius 1 is 1.33 bits per heavy atom. The zero-order valence-electron chi connectivity index (χ0n) is 8.93. The Morgan fingerprint density at radius 2 is 2.00 bits per heavy atom. The predicted molar refractivity (Wildman–Crippen MR) is 61.3 cm³/mol. The van der Waals surface area contributed by atoms with E-state index in [2.05, 4.69) is 0 Å². The zero-order chi connectivity index (χ0) is 11.1. The van der Waals surface area contributed by atoms with Gasteiger partial charge >= 0.3 is 0 Å². The Kier molecular flexibility index (Phi) is 5.03. The van der Waals surface area contributed by atoms with E-state index >= 15 is 0 Å². The molecule has 1 atom stereocenters. The first-order valence-corrected chi connectivity index (χ1v) is 7.28. The van der Waals surface area contributed by atoms with Crippen LogP contribution in [0, 0.1) is 0 Å². The highest BCUT2D eigenvalue weighted by molar-refractivity contribution is 7.57. The average Bonchev–Trinajstić information content (AvgIpc) is 2.17. The molecule has 0 amide bonds. The normalized spacial score (nSPS) is 14.8. The third-order valence-corrected chi connectivity index (χ3v) is 3.12. The van der Waals surface area contributed by atoms with Crippen LogP contribution in [0.25, 0.3) is 0 Å². The van der Waals surface area contributed by atoms with Gasteiger partial charge in [0.15, 0.2) is 7.37 Å². The highest BCUT2D eigenvalue weighted by Crippen LogP contribution is 2.35. The third kappa shape index (κ3) is 6.45. The summed E-state index contributed by atoms with van der Waals surface area (Å²) in [5, 5.41) is 0. The van der Waals surface area contributed by atoms with Gasteiger partial charge in [0, 0.05) is 19.4 Å². The van der Waals surface area contributed by atoms with Gasteiger partial charge in [0.2, 0.25) is 0 Å². The molecule has 0 fully saturated rings. The summed E-state index contributed by atoms with van der Waals surface area (Å²) >= 11 is 0. The highest BCUT2D eigenvalue weighted by Gasteiger charge is 2.07. The van der Waals surface area contributed by atoms with Gasteiger partial charge in [-0.15, -0.1) is 0 Å². The molecule has 0 radical (unpaired) electrons. The molecule has 0 aromatic heterocycles. The summed E-state index contributed by atoms with van der Waals surface area (Å²) in [6, 6.07) is 9.88. The van der Waals surface area contributed by atoms with Crippen LogP contribution < -0.4 is 0 Å². The summed E-state index contributed by atoms with van der Waals surface area (Å²) in [6.45, 7) is 2.48. The van der Waals surface area contributed by atoms with Crippen LogP contribution in [0.4, 0.5) is 0 Å². The molecule has 0 spiro atoms. The van der Waals surface area contributed by atoms with Crippen molar-refractivity contribution in [2.45, 2.75) is 13.0 Å². The molecule has 1 N–H and O–H groups in total. The van der Waals surface area contributed by atoms with E-state index in [1.54, 1.807) is 0 Å². The lowest BCUT2D eigenvalue weighted by Gasteiger charge is -2.06. The van der Waals surface area contributed by atoms with Crippen LogP contribution in [0.3, 0.4) is 0 Å². The second-order valence-electron chi connectivity index (χ2n) is 3.67. The summed E-state index contributed by atoms with van der Waals surface area (Å²) in [7, 11) is -2.86. The Hall–Kier alpha value is -0.630. The lowest BCUT2D eigenvalue weighted by atomic mass is 10.2. The molecule has 0 aliphatic carbocycles. The van der Waals surface area contributed by atoms with E-state index in [-0.39, 0.29) is 0 Å².